The van der Waals surface area contributed by atoms with E-state index >= 15 is 0 Å². The fourth-order valence-corrected chi connectivity index (χ4v) is 3.18. The third-order valence-corrected chi connectivity index (χ3v) is 4.89. The lowest BCUT2D eigenvalue weighted by Gasteiger charge is -2.15. The third kappa shape index (κ3) is 1.73. The average Bonchev–Trinajstić information content (AvgIpc) is 2.62. The number of halogens is 2. The summed E-state index contributed by atoms with van der Waals surface area (Å²) >= 11 is 7.21. The highest BCUT2D eigenvalue weighted by Gasteiger charge is 2.34. The third-order valence-electron chi connectivity index (χ3n) is 2.94. The maximum absolute atomic E-state index is 5.50. The van der Waals surface area contributed by atoms with Gasteiger partial charge >= 0.3 is 0 Å². The topological polar surface area (TPSA) is 13.1 Å². The van der Waals surface area contributed by atoms with E-state index < -0.39 is 0 Å². The normalized spacial score (nSPS) is 33.9. The molecule has 0 aliphatic heterocycles. The van der Waals surface area contributed by atoms with Crippen molar-refractivity contribution in [3.8, 4) is 0 Å². The minimum atomic E-state index is 0.578. The zero-order valence-corrected chi connectivity index (χ0v) is 10.6. The van der Waals surface area contributed by atoms with Gasteiger partial charge in [0.05, 0.1) is 10.7 Å². The van der Waals surface area contributed by atoms with Crippen LogP contribution in [0.25, 0.3) is 0 Å². The molecule has 1 aromatic rings. The van der Waals surface area contributed by atoms with Crippen LogP contribution in [0.3, 0.4) is 0 Å². The van der Waals surface area contributed by atoms with Crippen LogP contribution in [0.15, 0.2) is 21.2 Å². The van der Waals surface area contributed by atoms with E-state index in [1.54, 1.807) is 6.26 Å². The maximum Gasteiger partial charge on any atom is 0.121 e. The predicted octanol–water partition coefficient (Wildman–Crippen LogP) is 4.32. The molecule has 0 radical (unpaired) electrons. The number of hydrogen-bond acceptors (Lipinski definition) is 1. The van der Waals surface area contributed by atoms with Gasteiger partial charge in [0, 0.05) is 10.7 Å². The first kappa shape index (κ1) is 9.78. The Kier molecular flexibility index (Phi) is 2.84. The summed E-state index contributed by atoms with van der Waals surface area (Å²) in [7, 11) is 0. The number of rotatable bonds is 1. The van der Waals surface area contributed by atoms with Crippen LogP contribution >= 0.6 is 31.9 Å². The molecule has 1 aliphatic carbocycles. The zero-order valence-electron chi connectivity index (χ0n) is 7.47. The van der Waals surface area contributed by atoms with E-state index in [1.165, 1.54) is 12.8 Å². The maximum atomic E-state index is 5.50. The van der Waals surface area contributed by atoms with Crippen LogP contribution in [0.5, 0.6) is 0 Å². The summed E-state index contributed by atoms with van der Waals surface area (Å²) in [5, 5.41) is 0. The lowest BCUT2D eigenvalue weighted by molar-refractivity contribution is 0.415. The molecule has 1 heterocycles. The van der Waals surface area contributed by atoms with Gasteiger partial charge in [-0.3, -0.25) is 0 Å². The summed E-state index contributed by atoms with van der Waals surface area (Å²) in [5.74, 6) is 2.37. The first-order chi connectivity index (χ1) is 6.20. The minimum Gasteiger partial charge on any atom is -0.468 e. The van der Waals surface area contributed by atoms with Gasteiger partial charge in [-0.05, 0) is 40.8 Å². The predicted molar refractivity (Wildman–Crippen MR) is 60.3 cm³/mol. The summed E-state index contributed by atoms with van der Waals surface area (Å²) in [6.45, 7) is 2.28. The molecule has 3 unspecified atom stereocenters. The summed E-state index contributed by atoms with van der Waals surface area (Å²) in [6, 6.07) is 1.98. The highest BCUT2D eigenvalue weighted by Crippen LogP contribution is 2.45. The quantitative estimate of drug-likeness (QED) is 0.704. The molecule has 0 aromatic carbocycles. The van der Waals surface area contributed by atoms with E-state index in [0.717, 1.165) is 10.2 Å². The second-order valence-corrected chi connectivity index (χ2v) is 5.72. The molecule has 0 saturated heterocycles. The molecule has 1 fully saturated rings. The van der Waals surface area contributed by atoms with E-state index in [4.69, 9.17) is 4.42 Å². The Bertz CT molecular complexity index is 295. The van der Waals surface area contributed by atoms with Gasteiger partial charge in [-0.1, -0.05) is 22.9 Å². The van der Waals surface area contributed by atoms with Crippen LogP contribution in [0.1, 0.15) is 31.4 Å². The first-order valence-electron chi connectivity index (χ1n) is 4.57. The van der Waals surface area contributed by atoms with E-state index in [0.29, 0.717) is 16.7 Å². The molecule has 0 bridgehead atoms. The molecule has 3 heteroatoms. The molecule has 72 valence electrons. The molecule has 1 nitrogen and oxygen atoms in total. The fraction of sp³-hybridized carbons (Fsp3) is 0.600. The van der Waals surface area contributed by atoms with Gasteiger partial charge in [0.25, 0.3) is 0 Å². The molecule has 0 spiro atoms. The molecule has 3 atom stereocenters. The van der Waals surface area contributed by atoms with E-state index in [1.807, 2.05) is 6.07 Å². The molecule has 1 aromatic heterocycles. The standard InChI is InChI=1S/C10H12Br2O/c1-6-7(2-3-8(6)11)10-9(12)4-5-13-10/h4-8H,2-3H2,1H3. The molecule has 13 heavy (non-hydrogen) atoms. The number of hydrogen-bond donors (Lipinski definition) is 0. The Hall–Kier alpha value is 0.240. The van der Waals surface area contributed by atoms with Gasteiger partial charge in [-0.25, -0.2) is 0 Å². The second kappa shape index (κ2) is 3.77. The smallest absolute Gasteiger partial charge is 0.121 e. The Labute approximate surface area is 95.1 Å². The molecule has 1 saturated carbocycles. The van der Waals surface area contributed by atoms with Gasteiger partial charge < -0.3 is 4.42 Å². The lowest BCUT2D eigenvalue weighted by Crippen LogP contribution is -2.08. The monoisotopic (exact) mass is 306 g/mol. The highest BCUT2D eigenvalue weighted by atomic mass is 79.9. The van der Waals surface area contributed by atoms with Crippen molar-refractivity contribution < 1.29 is 4.42 Å². The van der Waals surface area contributed by atoms with Crippen LogP contribution in [-0.2, 0) is 0 Å². The van der Waals surface area contributed by atoms with E-state index in [2.05, 4.69) is 38.8 Å². The lowest BCUT2D eigenvalue weighted by atomic mass is 9.96. The van der Waals surface area contributed by atoms with Gasteiger partial charge in [0.15, 0.2) is 0 Å². The van der Waals surface area contributed by atoms with Gasteiger partial charge in [-0.2, -0.15) is 0 Å². The van der Waals surface area contributed by atoms with Crippen molar-refractivity contribution in [3.63, 3.8) is 0 Å². The largest absolute Gasteiger partial charge is 0.468 e. The Morgan fingerprint density at radius 1 is 1.46 bits per heavy atom. The van der Waals surface area contributed by atoms with Crippen molar-refractivity contribution in [2.24, 2.45) is 5.92 Å². The van der Waals surface area contributed by atoms with Crippen LogP contribution in [0, 0.1) is 5.92 Å². The van der Waals surface area contributed by atoms with Gasteiger partial charge in [-0.15, -0.1) is 0 Å². The van der Waals surface area contributed by atoms with E-state index in [-0.39, 0.29) is 0 Å². The molecule has 1 aliphatic rings. The summed E-state index contributed by atoms with van der Waals surface area (Å²) < 4.78 is 6.62. The highest BCUT2D eigenvalue weighted by molar-refractivity contribution is 9.10. The van der Waals surface area contributed by atoms with Crippen LogP contribution in [-0.4, -0.2) is 4.83 Å². The Balaban J connectivity index is 2.23. The van der Waals surface area contributed by atoms with Crippen molar-refractivity contribution in [2.45, 2.75) is 30.5 Å². The van der Waals surface area contributed by atoms with Crippen molar-refractivity contribution >= 4 is 31.9 Å². The minimum absolute atomic E-state index is 0.578. The van der Waals surface area contributed by atoms with Crippen LogP contribution in [0.4, 0.5) is 0 Å². The van der Waals surface area contributed by atoms with Crippen molar-refractivity contribution in [1.29, 1.82) is 0 Å². The van der Waals surface area contributed by atoms with Crippen molar-refractivity contribution in [2.75, 3.05) is 0 Å². The number of alkyl halides is 1. The van der Waals surface area contributed by atoms with Crippen molar-refractivity contribution in [3.05, 3.63) is 22.6 Å². The fourth-order valence-electron chi connectivity index (χ4n) is 2.06. The van der Waals surface area contributed by atoms with Crippen LogP contribution < -0.4 is 0 Å². The van der Waals surface area contributed by atoms with E-state index in [9.17, 15) is 0 Å². The molecular weight excluding hydrogens is 296 g/mol. The Morgan fingerprint density at radius 3 is 2.69 bits per heavy atom. The molecular formula is C10H12Br2O. The van der Waals surface area contributed by atoms with Gasteiger partial charge in [0.1, 0.15) is 5.76 Å². The first-order valence-corrected chi connectivity index (χ1v) is 6.28. The summed E-state index contributed by atoms with van der Waals surface area (Å²) in [4.78, 5) is 0.648. The molecule has 2 rings (SSSR count). The molecule has 0 N–H and O–H groups in total. The SMILES string of the molecule is CC1C(Br)CCC1c1occc1Br. The second-order valence-electron chi connectivity index (χ2n) is 3.69. The Morgan fingerprint density at radius 2 is 2.23 bits per heavy atom. The average molecular weight is 308 g/mol. The zero-order chi connectivity index (χ0) is 9.42. The van der Waals surface area contributed by atoms with Crippen molar-refractivity contribution in [1.82, 2.24) is 0 Å². The van der Waals surface area contributed by atoms with Gasteiger partial charge in [0.2, 0.25) is 0 Å². The number of furan rings is 1. The van der Waals surface area contributed by atoms with Crippen LogP contribution in [0.2, 0.25) is 0 Å². The summed E-state index contributed by atoms with van der Waals surface area (Å²) in [6.07, 6.45) is 4.23. The summed E-state index contributed by atoms with van der Waals surface area (Å²) in [5.41, 5.74) is 0. The molecule has 0 amide bonds.